The fourth-order valence-corrected chi connectivity index (χ4v) is 10.2. The van der Waals surface area contributed by atoms with E-state index in [9.17, 15) is 5.11 Å². The second-order valence-corrected chi connectivity index (χ2v) is 15.8. The van der Waals surface area contributed by atoms with E-state index in [2.05, 4.69) is 45.0 Å². The number of rotatable bonds is 6. The highest BCUT2D eigenvalue weighted by Crippen LogP contribution is 2.63. The molecule has 37 heavy (non-hydrogen) atoms. The molecule has 2 saturated carbocycles. The third-order valence-electron chi connectivity index (χ3n) is 8.60. The molecule has 3 aliphatic rings. The maximum absolute atomic E-state index is 11.2. The van der Waals surface area contributed by atoms with E-state index in [1.54, 1.807) is 0 Å². The molecule has 1 heterocycles. The fraction of sp³-hybridized carbons (Fsp3) is 0.625. The summed E-state index contributed by atoms with van der Waals surface area (Å²) in [5, 5.41) is 12.4. The molecule has 1 N–H and O–H groups in total. The molecule has 2 aromatic rings. The predicted molar refractivity (Wildman–Crippen MR) is 154 cm³/mol. The first-order valence-electron chi connectivity index (χ1n) is 14.2. The maximum Gasteiger partial charge on any atom is 0.150 e. The van der Waals surface area contributed by atoms with Crippen LogP contribution in [0.3, 0.4) is 0 Å². The summed E-state index contributed by atoms with van der Waals surface area (Å²) < 4.78 is 19.2. The molecule has 202 valence electrons. The van der Waals surface area contributed by atoms with Crippen LogP contribution >= 0.6 is 7.92 Å². The highest BCUT2D eigenvalue weighted by atomic mass is 31.1. The van der Waals surface area contributed by atoms with Gasteiger partial charge >= 0.3 is 0 Å². The monoisotopic (exact) mass is 524 g/mol. The summed E-state index contributed by atoms with van der Waals surface area (Å²) in [6, 6.07) is 8.84. The Morgan fingerprint density at radius 3 is 1.78 bits per heavy atom. The number of aliphatic hydroxyl groups is 1. The summed E-state index contributed by atoms with van der Waals surface area (Å²) >= 11 is 0. The van der Waals surface area contributed by atoms with Gasteiger partial charge in [0.05, 0.1) is 19.8 Å². The van der Waals surface area contributed by atoms with Crippen LogP contribution in [0.5, 0.6) is 17.2 Å². The highest BCUT2D eigenvalue weighted by Gasteiger charge is 2.49. The molecule has 2 fully saturated rings. The zero-order valence-corrected chi connectivity index (χ0v) is 24.7. The molecule has 1 aliphatic heterocycles. The smallest absolute Gasteiger partial charge is 0.150 e. The summed E-state index contributed by atoms with van der Waals surface area (Å²) in [7, 11) is 2.78. The van der Waals surface area contributed by atoms with E-state index in [1.807, 2.05) is 28.1 Å². The van der Waals surface area contributed by atoms with Crippen molar-refractivity contribution < 1.29 is 19.3 Å². The summed E-state index contributed by atoms with van der Waals surface area (Å²) in [6.07, 6.45) is 10.0. The second-order valence-electron chi connectivity index (χ2n) is 12.8. The van der Waals surface area contributed by atoms with Crippen molar-refractivity contribution >= 4 is 13.2 Å². The molecule has 0 bridgehead atoms. The van der Waals surface area contributed by atoms with E-state index >= 15 is 0 Å². The standard InChI is InChI=1S/C32H45O4P/c1-31(2,3)37-29-22(17-12-18-25(29)36-30(37)32(4,5)33)26-27(34-6)23(20-13-8-9-14-20)19-24(28(26)35-7)21-15-10-11-16-21/h12,17-21,30,33H,8-11,13-16H2,1-7H3/t30-,37?/m0/s1. The SMILES string of the molecule is COc1c(C2CCCC2)cc(C2CCCC2)c(OC)c1-c1cccc2c1P(C(C)(C)C)[C@@H](C(C)(C)O)O2. The average Bonchev–Trinajstić information content (AvgIpc) is 3.61. The first-order chi connectivity index (χ1) is 17.6. The van der Waals surface area contributed by atoms with Gasteiger partial charge in [-0.3, -0.25) is 0 Å². The van der Waals surface area contributed by atoms with Gasteiger partial charge in [0.25, 0.3) is 0 Å². The molecule has 0 radical (unpaired) electrons. The molecular formula is C32H45O4P. The van der Waals surface area contributed by atoms with Crippen LogP contribution in [-0.4, -0.2) is 35.9 Å². The zero-order valence-electron chi connectivity index (χ0n) is 23.8. The minimum atomic E-state index is -0.954. The van der Waals surface area contributed by atoms with Gasteiger partial charge in [-0.1, -0.05) is 58.6 Å². The third-order valence-corrected chi connectivity index (χ3v) is 12.2. The van der Waals surface area contributed by atoms with E-state index in [4.69, 9.17) is 14.2 Å². The van der Waals surface area contributed by atoms with E-state index in [0.717, 1.165) is 28.4 Å². The molecule has 2 atom stereocenters. The van der Waals surface area contributed by atoms with E-state index in [-0.39, 0.29) is 11.0 Å². The van der Waals surface area contributed by atoms with Crippen molar-refractivity contribution in [2.24, 2.45) is 0 Å². The number of hydrogen-bond donors (Lipinski definition) is 1. The molecule has 5 heteroatoms. The lowest BCUT2D eigenvalue weighted by Gasteiger charge is -2.38. The first-order valence-corrected chi connectivity index (χ1v) is 15.6. The number of fused-ring (bicyclic) bond motifs is 1. The minimum Gasteiger partial charge on any atom is -0.496 e. The third kappa shape index (κ3) is 4.78. The van der Waals surface area contributed by atoms with Gasteiger partial charge in [-0.2, -0.15) is 0 Å². The van der Waals surface area contributed by atoms with Crippen LogP contribution in [0.15, 0.2) is 24.3 Å². The van der Waals surface area contributed by atoms with Crippen molar-refractivity contribution in [2.45, 2.75) is 114 Å². The van der Waals surface area contributed by atoms with Gasteiger partial charge in [-0.15, -0.1) is 0 Å². The number of benzene rings is 2. The number of hydrogen-bond acceptors (Lipinski definition) is 4. The Hall–Kier alpha value is -1.77. The summed E-state index contributed by atoms with van der Waals surface area (Å²) in [4.78, 5) is 0. The van der Waals surface area contributed by atoms with Crippen LogP contribution in [0.2, 0.25) is 0 Å². The lowest BCUT2D eigenvalue weighted by molar-refractivity contribution is 0.0103. The van der Waals surface area contributed by atoms with Crippen molar-refractivity contribution in [1.82, 2.24) is 0 Å². The Kier molecular flexibility index (Phi) is 7.31. The Balaban J connectivity index is 1.81. The molecule has 5 rings (SSSR count). The Morgan fingerprint density at radius 2 is 1.35 bits per heavy atom. The summed E-state index contributed by atoms with van der Waals surface area (Å²) in [5.41, 5.74) is 3.99. The molecule has 0 amide bonds. The molecule has 0 aromatic heterocycles. The van der Waals surface area contributed by atoms with Crippen molar-refractivity contribution in [3.8, 4) is 28.4 Å². The maximum atomic E-state index is 11.2. The highest BCUT2D eigenvalue weighted by molar-refractivity contribution is 7.68. The van der Waals surface area contributed by atoms with Gasteiger partial charge in [0.2, 0.25) is 0 Å². The quantitative estimate of drug-likeness (QED) is 0.388. The summed E-state index contributed by atoms with van der Waals surface area (Å²) in [6.45, 7) is 10.6. The molecule has 2 aliphatic carbocycles. The predicted octanol–water partition coefficient (Wildman–Crippen LogP) is 8.08. The fourth-order valence-electron chi connectivity index (χ4n) is 6.96. The van der Waals surface area contributed by atoms with E-state index in [0.29, 0.717) is 11.8 Å². The molecule has 0 saturated heterocycles. The van der Waals surface area contributed by atoms with Gasteiger partial charge in [0.15, 0.2) is 0 Å². The van der Waals surface area contributed by atoms with Crippen LogP contribution in [0.1, 0.15) is 109 Å². The normalized spacial score (nSPS) is 22.8. The molecule has 4 nitrogen and oxygen atoms in total. The zero-order chi connectivity index (χ0) is 26.5. The minimum absolute atomic E-state index is 0.0564. The van der Waals surface area contributed by atoms with E-state index in [1.165, 1.54) is 67.8 Å². The van der Waals surface area contributed by atoms with Crippen molar-refractivity contribution in [3.05, 3.63) is 35.4 Å². The number of methoxy groups -OCH3 is 2. The largest absolute Gasteiger partial charge is 0.496 e. The van der Waals surface area contributed by atoms with Crippen molar-refractivity contribution in [1.29, 1.82) is 0 Å². The molecule has 1 unspecified atom stereocenters. The topological polar surface area (TPSA) is 47.9 Å². The number of ether oxygens (including phenoxy) is 3. The van der Waals surface area contributed by atoms with Gasteiger partial charge in [0, 0.05) is 10.9 Å². The van der Waals surface area contributed by atoms with Crippen molar-refractivity contribution in [3.63, 3.8) is 0 Å². The Labute approximate surface area is 224 Å². The van der Waals surface area contributed by atoms with Gasteiger partial charge in [0.1, 0.15) is 28.7 Å². The molecular weight excluding hydrogens is 479 g/mol. The Bertz CT molecular complexity index is 1090. The molecule has 2 aromatic carbocycles. The van der Waals surface area contributed by atoms with Gasteiger partial charge in [-0.05, 0) is 87.7 Å². The van der Waals surface area contributed by atoms with Crippen LogP contribution in [0.4, 0.5) is 0 Å². The lowest BCUT2D eigenvalue weighted by Crippen LogP contribution is -2.40. The van der Waals surface area contributed by atoms with Gasteiger partial charge < -0.3 is 19.3 Å². The Morgan fingerprint density at radius 1 is 0.838 bits per heavy atom. The van der Waals surface area contributed by atoms with Crippen LogP contribution in [0, 0.1) is 0 Å². The lowest BCUT2D eigenvalue weighted by atomic mass is 9.85. The summed E-state index contributed by atoms with van der Waals surface area (Å²) in [5.74, 6) is 3.61. The van der Waals surface area contributed by atoms with Gasteiger partial charge in [-0.25, -0.2) is 0 Å². The van der Waals surface area contributed by atoms with E-state index < -0.39 is 13.5 Å². The average molecular weight is 525 g/mol. The van der Waals surface area contributed by atoms with Crippen LogP contribution < -0.4 is 19.5 Å². The second kappa shape index (κ2) is 10.1. The molecule has 0 spiro atoms. The first kappa shape index (κ1) is 26.8. The van der Waals surface area contributed by atoms with Crippen LogP contribution in [-0.2, 0) is 0 Å². The van der Waals surface area contributed by atoms with Crippen molar-refractivity contribution in [2.75, 3.05) is 14.2 Å². The van der Waals surface area contributed by atoms with Crippen LogP contribution in [0.25, 0.3) is 11.1 Å².